The lowest BCUT2D eigenvalue weighted by Crippen LogP contribution is -2.28. The van der Waals surface area contributed by atoms with Crippen LogP contribution in [0.15, 0.2) is 12.1 Å². The predicted octanol–water partition coefficient (Wildman–Crippen LogP) is 2.38. The summed E-state index contributed by atoms with van der Waals surface area (Å²) in [6, 6.07) is 0.538. The molecule has 1 rings (SSSR count). The first kappa shape index (κ1) is 14.0. The molecular weight excluding hydrogens is 231 g/mol. The average Bonchev–Trinajstić information content (AvgIpc) is 2.25. The molecule has 1 atom stereocenters. The molecule has 5 heteroatoms. The Morgan fingerprint density at radius 2 is 1.71 bits per heavy atom. The summed E-state index contributed by atoms with van der Waals surface area (Å²) in [7, 11) is 0. The maximum atomic E-state index is 13.4. The van der Waals surface area contributed by atoms with Crippen molar-refractivity contribution in [2.24, 2.45) is 5.92 Å². The van der Waals surface area contributed by atoms with Crippen LogP contribution in [0, 0.1) is 23.4 Å². The molecule has 0 saturated heterocycles. The summed E-state index contributed by atoms with van der Waals surface area (Å²) in [5.74, 6) is -2.91. The van der Waals surface area contributed by atoms with Gasteiger partial charge in [0, 0.05) is 11.6 Å². The molecule has 2 nitrogen and oxygen atoms in total. The minimum absolute atomic E-state index is 0.0629. The zero-order valence-electron chi connectivity index (χ0n) is 9.80. The molecule has 0 saturated carbocycles. The standard InChI is InChI=1S/C12H16F3NO/c1-7(2)5-16-12(6-17)8-3-10(14)11(15)4-9(8)13/h3-4,7,12,16-17H,5-6H2,1-2H3. The highest BCUT2D eigenvalue weighted by Gasteiger charge is 2.18. The molecule has 0 aromatic heterocycles. The van der Waals surface area contributed by atoms with E-state index in [0.717, 1.165) is 6.07 Å². The Labute approximate surface area is 98.5 Å². The van der Waals surface area contributed by atoms with Gasteiger partial charge in [0.1, 0.15) is 5.82 Å². The van der Waals surface area contributed by atoms with Crippen molar-refractivity contribution in [1.82, 2.24) is 5.32 Å². The molecule has 1 aromatic rings. The molecular formula is C12H16F3NO. The number of hydrogen-bond acceptors (Lipinski definition) is 2. The van der Waals surface area contributed by atoms with Crippen LogP contribution in [0.25, 0.3) is 0 Å². The van der Waals surface area contributed by atoms with Gasteiger partial charge in [-0.05, 0) is 18.5 Å². The third-order valence-electron chi connectivity index (χ3n) is 2.37. The Morgan fingerprint density at radius 1 is 1.12 bits per heavy atom. The lowest BCUT2D eigenvalue weighted by atomic mass is 10.1. The van der Waals surface area contributed by atoms with E-state index in [0.29, 0.717) is 18.5 Å². The van der Waals surface area contributed by atoms with E-state index in [1.54, 1.807) is 0 Å². The molecule has 0 aliphatic heterocycles. The first-order valence-corrected chi connectivity index (χ1v) is 5.44. The maximum Gasteiger partial charge on any atom is 0.161 e. The third-order valence-corrected chi connectivity index (χ3v) is 2.37. The van der Waals surface area contributed by atoms with Crippen LogP contribution in [-0.4, -0.2) is 18.3 Å². The van der Waals surface area contributed by atoms with Gasteiger partial charge in [0.05, 0.1) is 12.6 Å². The predicted molar refractivity (Wildman–Crippen MR) is 59.0 cm³/mol. The van der Waals surface area contributed by atoms with E-state index in [1.807, 2.05) is 13.8 Å². The van der Waals surface area contributed by atoms with Crippen LogP contribution in [0.2, 0.25) is 0 Å². The van der Waals surface area contributed by atoms with Gasteiger partial charge in [-0.25, -0.2) is 13.2 Å². The average molecular weight is 247 g/mol. The van der Waals surface area contributed by atoms with Crippen molar-refractivity contribution in [2.45, 2.75) is 19.9 Å². The summed E-state index contributed by atoms with van der Waals surface area (Å²) in [4.78, 5) is 0. The van der Waals surface area contributed by atoms with Crippen molar-refractivity contribution in [1.29, 1.82) is 0 Å². The van der Waals surface area contributed by atoms with E-state index in [-0.39, 0.29) is 12.2 Å². The Hall–Kier alpha value is -1.07. The lowest BCUT2D eigenvalue weighted by Gasteiger charge is -2.19. The molecule has 0 bridgehead atoms. The first-order valence-electron chi connectivity index (χ1n) is 5.44. The van der Waals surface area contributed by atoms with Crippen LogP contribution >= 0.6 is 0 Å². The van der Waals surface area contributed by atoms with Gasteiger partial charge in [-0.3, -0.25) is 0 Å². The second-order valence-electron chi connectivity index (χ2n) is 4.33. The smallest absolute Gasteiger partial charge is 0.161 e. The summed E-state index contributed by atoms with van der Waals surface area (Å²) < 4.78 is 39.2. The number of aliphatic hydroxyl groups excluding tert-OH is 1. The number of hydrogen-bond donors (Lipinski definition) is 2. The van der Waals surface area contributed by atoms with E-state index < -0.39 is 23.5 Å². The molecule has 0 aliphatic rings. The topological polar surface area (TPSA) is 32.3 Å². The fraction of sp³-hybridized carbons (Fsp3) is 0.500. The fourth-order valence-electron chi connectivity index (χ4n) is 1.46. The summed E-state index contributed by atoms with van der Waals surface area (Å²) in [5, 5.41) is 12.0. The molecule has 1 aromatic carbocycles. The first-order chi connectivity index (χ1) is 7.95. The Kier molecular flexibility index (Phi) is 4.96. The molecule has 0 aliphatic carbocycles. The van der Waals surface area contributed by atoms with Crippen LogP contribution < -0.4 is 5.32 Å². The monoisotopic (exact) mass is 247 g/mol. The van der Waals surface area contributed by atoms with Crippen LogP contribution in [-0.2, 0) is 0 Å². The summed E-state index contributed by atoms with van der Waals surface area (Å²) in [6.07, 6.45) is 0. The second kappa shape index (κ2) is 6.02. The zero-order valence-corrected chi connectivity index (χ0v) is 9.80. The van der Waals surface area contributed by atoms with Gasteiger partial charge in [-0.15, -0.1) is 0 Å². The fourth-order valence-corrected chi connectivity index (χ4v) is 1.46. The minimum Gasteiger partial charge on any atom is -0.394 e. The van der Waals surface area contributed by atoms with Crippen LogP contribution in [0.1, 0.15) is 25.5 Å². The molecule has 0 heterocycles. The number of nitrogens with one attached hydrogen (secondary N) is 1. The molecule has 96 valence electrons. The largest absolute Gasteiger partial charge is 0.394 e. The van der Waals surface area contributed by atoms with E-state index in [1.165, 1.54) is 0 Å². The van der Waals surface area contributed by atoms with E-state index >= 15 is 0 Å². The van der Waals surface area contributed by atoms with Crippen molar-refractivity contribution >= 4 is 0 Å². The lowest BCUT2D eigenvalue weighted by molar-refractivity contribution is 0.237. The van der Waals surface area contributed by atoms with Crippen molar-refractivity contribution in [2.75, 3.05) is 13.2 Å². The van der Waals surface area contributed by atoms with Gasteiger partial charge < -0.3 is 10.4 Å². The van der Waals surface area contributed by atoms with Gasteiger partial charge in [0.25, 0.3) is 0 Å². The number of rotatable bonds is 5. The summed E-state index contributed by atoms with van der Waals surface area (Å²) >= 11 is 0. The molecule has 17 heavy (non-hydrogen) atoms. The molecule has 0 spiro atoms. The molecule has 0 fully saturated rings. The Balaban J connectivity index is 2.91. The van der Waals surface area contributed by atoms with E-state index in [9.17, 15) is 13.2 Å². The highest BCUT2D eigenvalue weighted by molar-refractivity contribution is 5.23. The SMILES string of the molecule is CC(C)CNC(CO)c1cc(F)c(F)cc1F. The number of aliphatic hydroxyl groups is 1. The van der Waals surface area contributed by atoms with Crippen LogP contribution in [0.4, 0.5) is 13.2 Å². The normalized spacial score (nSPS) is 13.1. The van der Waals surface area contributed by atoms with Gasteiger partial charge in [-0.1, -0.05) is 13.8 Å². The number of benzene rings is 1. The molecule has 0 amide bonds. The van der Waals surface area contributed by atoms with Crippen molar-refractivity contribution < 1.29 is 18.3 Å². The van der Waals surface area contributed by atoms with Gasteiger partial charge in [0.2, 0.25) is 0 Å². The van der Waals surface area contributed by atoms with Crippen LogP contribution in [0.3, 0.4) is 0 Å². The van der Waals surface area contributed by atoms with Crippen molar-refractivity contribution in [3.05, 3.63) is 35.1 Å². The molecule has 2 N–H and O–H groups in total. The van der Waals surface area contributed by atoms with E-state index in [2.05, 4.69) is 5.32 Å². The third kappa shape index (κ3) is 3.71. The molecule has 0 radical (unpaired) electrons. The zero-order chi connectivity index (χ0) is 13.0. The van der Waals surface area contributed by atoms with Crippen molar-refractivity contribution in [3.63, 3.8) is 0 Å². The van der Waals surface area contributed by atoms with Crippen molar-refractivity contribution in [3.8, 4) is 0 Å². The highest BCUT2D eigenvalue weighted by atomic mass is 19.2. The minimum atomic E-state index is -1.23. The quantitative estimate of drug-likeness (QED) is 0.783. The van der Waals surface area contributed by atoms with Gasteiger partial charge >= 0.3 is 0 Å². The maximum absolute atomic E-state index is 13.4. The van der Waals surface area contributed by atoms with Crippen LogP contribution in [0.5, 0.6) is 0 Å². The van der Waals surface area contributed by atoms with Gasteiger partial charge in [0.15, 0.2) is 11.6 Å². The molecule has 1 unspecified atom stereocenters. The Morgan fingerprint density at radius 3 is 2.24 bits per heavy atom. The summed E-state index contributed by atoms with van der Waals surface area (Å²) in [5.41, 5.74) is -0.0629. The Bertz CT molecular complexity index is 382. The van der Waals surface area contributed by atoms with Gasteiger partial charge in [-0.2, -0.15) is 0 Å². The second-order valence-corrected chi connectivity index (χ2v) is 4.33. The van der Waals surface area contributed by atoms with E-state index in [4.69, 9.17) is 5.11 Å². The highest BCUT2D eigenvalue weighted by Crippen LogP contribution is 2.20. The number of halogens is 3. The summed E-state index contributed by atoms with van der Waals surface area (Å²) in [6.45, 7) is 4.06.